The summed E-state index contributed by atoms with van der Waals surface area (Å²) in [6.45, 7) is 5.45. The van der Waals surface area contributed by atoms with E-state index in [-0.39, 0.29) is 23.2 Å². The van der Waals surface area contributed by atoms with Gasteiger partial charge in [0.1, 0.15) is 5.82 Å². The fourth-order valence-corrected chi connectivity index (χ4v) is 2.32. The minimum absolute atomic E-state index is 0.0463. The summed E-state index contributed by atoms with van der Waals surface area (Å²) in [5.74, 6) is -0.373. The zero-order valence-corrected chi connectivity index (χ0v) is 10.8. The number of carbonyl (C=O) groups is 1. The van der Waals surface area contributed by atoms with Gasteiger partial charge in [-0.1, -0.05) is 13.8 Å². The predicted molar refractivity (Wildman–Crippen MR) is 68.7 cm³/mol. The van der Waals surface area contributed by atoms with E-state index in [0.29, 0.717) is 18.7 Å². The number of carbonyl (C=O) groups excluding carboxylic acids is 1. The lowest BCUT2D eigenvalue weighted by molar-refractivity contribution is 0.0533. The number of amides is 1. The van der Waals surface area contributed by atoms with E-state index in [2.05, 4.69) is 13.8 Å². The van der Waals surface area contributed by atoms with Crippen LogP contribution in [-0.2, 0) is 0 Å². The SMILES string of the molecule is CC1(C)CN(C(=O)c2ccc(F)cc2)CCC1N. The van der Waals surface area contributed by atoms with Crippen molar-refractivity contribution in [3.8, 4) is 0 Å². The van der Waals surface area contributed by atoms with E-state index in [9.17, 15) is 9.18 Å². The Bertz CT molecular complexity index is 442. The molecule has 2 rings (SSSR count). The second-order valence-corrected chi connectivity index (χ2v) is 5.62. The Balaban J connectivity index is 2.13. The van der Waals surface area contributed by atoms with Gasteiger partial charge in [0.15, 0.2) is 0 Å². The first-order valence-electron chi connectivity index (χ1n) is 6.20. The summed E-state index contributed by atoms with van der Waals surface area (Å²) < 4.78 is 12.8. The van der Waals surface area contributed by atoms with E-state index in [4.69, 9.17) is 5.73 Å². The van der Waals surface area contributed by atoms with Gasteiger partial charge in [-0.15, -0.1) is 0 Å². The van der Waals surface area contributed by atoms with E-state index < -0.39 is 0 Å². The number of nitrogens with zero attached hydrogens (tertiary/aromatic N) is 1. The van der Waals surface area contributed by atoms with Crippen LogP contribution in [0.1, 0.15) is 30.6 Å². The number of piperidine rings is 1. The highest BCUT2D eigenvalue weighted by Crippen LogP contribution is 2.28. The Kier molecular flexibility index (Phi) is 3.39. The van der Waals surface area contributed by atoms with Gasteiger partial charge in [0, 0.05) is 24.7 Å². The molecule has 1 unspecified atom stereocenters. The molecule has 0 spiro atoms. The highest BCUT2D eigenvalue weighted by Gasteiger charge is 2.35. The van der Waals surface area contributed by atoms with Gasteiger partial charge in [-0.3, -0.25) is 4.79 Å². The zero-order valence-electron chi connectivity index (χ0n) is 10.8. The monoisotopic (exact) mass is 250 g/mol. The Morgan fingerprint density at radius 2 is 2.00 bits per heavy atom. The molecule has 3 nitrogen and oxygen atoms in total. The third-order valence-corrected chi connectivity index (χ3v) is 3.69. The van der Waals surface area contributed by atoms with Crippen molar-refractivity contribution in [1.29, 1.82) is 0 Å². The minimum Gasteiger partial charge on any atom is -0.338 e. The molecule has 1 aromatic rings. The molecule has 2 N–H and O–H groups in total. The lowest BCUT2D eigenvalue weighted by Crippen LogP contribution is -2.53. The van der Waals surface area contributed by atoms with E-state index in [1.54, 1.807) is 4.90 Å². The van der Waals surface area contributed by atoms with Crippen LogP contribution in [0.25, 0.3) is 0 Å². The van der Waals surface area contributed by atoms with Gasteiger partial charge < -0.3 is 10.6 Å². The minimum atomic E-state index is -0.326. The second kappa shape index (κ2) is 4.69. The second-order valence-electron chi connectivity index (χ2n) is 5.62. The van der Waals surface area contributed by atoms with Crippen LogP contribution in [0.5, 0.6) is 0 Å². The summed E-state index contributed by atoms with van der Waals surface area (Å²) in [6.07, 6.45) is 0.805. The van der Waals surface area contributed by atoms with Gasteiger partial charge in [-0.05, 0) is 36.1 Å². The maximum absolute atomic E-state index is 12.8. The molecule has 1 aromatic carbocycles. The van der Waals surface area contributed by atoms with Gasteiger partial charge in [0.2, 0.25) is 0 Å². The molecule has 0 aliphatic carbocycles. The van der Waals surface area contributed by atoms with Gasteiger partial charge in [-0.25, -0.2) is 4.39 Å². The quantitative estimate of drug-likeness (QED) is 0.829. The predicted octanol–water partition coefficient (Wildman–Crippen LogP) is 2.03. The fraction of sp³-hybridized carbons (Fsp3) is 0.500. The number of benzene rings is 1. The molecule has 0 aromatic heterocycles. The molecular formula is C14H19FN2O. The van der Waals surface area contributed by atoms with E-state index >= 15 is 0 Å². The average molecular weight is 250 g/mol. The van der Waals surface area contributed by atoms with Crippen LogP contribution in [0.15, 0.2) is 24.3 Å². The molecule has 0 saturated carbocycles. The van der Waals surface area contributed by atoms with Crippen molar-refractivity contribution in [2.75, 3.05) is 13.1 Å². The molecule has 0 radical (unpaired) electrons. The van der Waals surface area contributed by atoms with Crippen LogP contribution in [0, 0.1) is 11.2 Å². The Morgan fingerprint density at radius 3 is 2.56 bits per heavy atom. The summed E-state index contributed by atoms with van der Waals surface area (Å²) >= 11 is 0. The van der Waals surface area contributed by atoms with Crippen LogP contribution < -0.4 is 5.73 Å². The number of rotatable bonds is 1. The number of hydrogen-bond donors (Lipinski definition) is 1. The van der Waals surface area contributed by atoms with Crippen molar-refractivity contribution < 1.29 is 9.18 Å². The fourth-order valence-electron chi connectivity index (χ4n) is 2.32. The molecule has 1 atom stereocenters. The third-order valence-electron chi connectivity index (χ3n) is 3.69. The van der Waals surface area contributed by atoms with Crippen molar-refractivity contribution in [3.63, 3.8) is 0 Å². The summed E-state index contributed by atoms with van der Waals surface area (Å²) in [6, 6.07) is 5.80. The Morgan fingerprint density at radius 1 is 1.39 bits per heavy atom. The van der Waals surface area contributed by atoms with Gasteiger partial charge >= 0.3 is 0 Å². The summed E-state index contributed by atoms with van der Waals surface area (Å²) in [4.78, 5) is 14.1. The smallest absolute Gasteiger partial charge is 0.253 e. The number of hydrogen-bond acceptors (Lipinski definition) is 2. The molecule has 1 heterocycles. The standard InChI is InChI=1S/C14H19FN2O/c1-14(2)9-17(8-7-12(14)16)13(18)10-3-5-11(15)6-4-10/h3-6,12H,7-9,16H2,1-2H3. The number of likely N-dealkylation sites (tertiary alicyclic amines) is 1. The van der Waals surface area contributed by atoms with E-state index in [1.807, 2.05) is 0 Å². The zero-order chi connectivity index (χ0) is 13.3. The Labute approximate surface area is 107 Å². The highest BCUT2D eigenvalue weighted by atomic mass is 19.1. The summed E-state index contributed by atoms with van der Waals surface area (Å²) in [5, 5.41) is 0. The first-order valence-corrected chi connectivity index (χ1v) is 6.20. The molecule has 1 aliphatic heterocycles. The van der Waals surface area contributed by atoms with Crippen molar-refractivity contribution in [2.45, 2.75) is 26.3 Å². The lowest BCUT2D eigenvalue weighted by Gasteiger charge is -2.42. The maximum Gasteiger partial charge on any atom is 0.253 e. The summed E-state index contributed by atoms with van der Waals surface area (Å²) in [7, 11) is 0. The Hall–Kier alpha value is -1.42. The first-order chi connectivity index (χ1) is 8.40. The molecule has 1 aliphatic rings. The van der Waals surface area contributed by atoms with Crippen molar-refractivity contribution >= 4 is 5.91 Å². The van der Waals surface area contributed by atoms with Crippen molar-refractivity contribution in [1.82, 2.24) is 4.90 Å². The van der Waals surface area contributed by atoms with Gasteiger partial charge in [0.05, 0.1) is 0 Å². The van der Waals surface area contributed by atoms with Crippen LogP contribution >= 0.6 is 0 Å². The van der Waals surface area contributed by atoms with Crippen LogP contribution in [-0.4, -0.2) is 29.9 Å². The van der Waals surface area contributed by atoms with Gasteiger partial charge in [-0.2, -0.15) is 0 Å². The molecular weight excluding hydrogens is 231 g/mol. The normalized spacial score (nSPS) is 22.9. The number of halogens is 1. The first kappa shape index (κ1) is 13.0. The molecule has 0 bridgehead atoms. The average Bonchev–Trinajstić information content (AvgIpc) is 2.33. The summed E-state index contributed by atoms with van der Waals surface area (Å²) in [5.41, 5.74) is 6.50. The maximum atomic E-state index is 12.8. The molecule has 18 heavy (non-hydrogen) atoms. The van der Waals surface area contributed by atoms with E-state index in [1.165, 1.54) is 24.3 Å². The van der Waals surface area contributed by atoms with Crippen molar-refractivity contribution in [3.05, 3.63) is 35.6 Å². The topological polar surface area (TPSA) is 46.3 Å². The van der Waals surface area contributed by atoms with Crippen LogP contribution in [0.2, 0.25) is 0 Å². The van der Waals surface area contributed by atoms with Gasteiger partial charge in [0.25, 0.3) is 5.91 Å². The largest absolute Gasteiger partial charge is 0.338 e. The van der Waals surface area contributed by atoms with Crippen molar-refractivity contribution in [2.24, 2.45) is 11.1 Å². The molecule has 98 valence electrons. The molecule has 1 amide bonds. The van der Waals surface area contributed by atoms with E-state index in [0.717, 1.165) is 6.42 Å². The number of nitrogens with two attached hydrogens (primary N) is 1. The molecule has 1 fully saturated rings. The van der Waals surface area contributed by atoms with Crippen LogP contribution in [0.3, 0.4) is 0 Å². The van der Waals surface area contributed by atoms with Crippen LogP contribution in [0.4, 0.5) is 4.39 Å². The lowest BCUT2D eigenvalue weighted by atomic mass is 9.79. The molecule has 4 heteroatoms. The highest BCUT2D eigenvalue weighted by molar-refractivity contribution is 5.94. The third kappa shape index (κ3) is 2.53. The molecule has 1 saturated heterocycles.